The average Bonchev–Trinajstić information content (AvgIpc) is 3.81. The highest BCUT2D eigenvalue weighted by atomic mass is 32.1. The molecule has 0 bridgehead atoms. The number of hydrogen-bond acceptors (Lipinski definition) is 10. The van der Waals surface area contributed by atoms with Crippen LogP contribution < -0.4 is 20.7 Å². The second-order valence-electron chi connectivity index (χ2n) is 12.9. The Morgan fingerprint density at radius 3 is 2.72 bits per heavy atom. The van der Waals surface area contributed by atoms with Crippen LogP contribution in [-0.2, 0) is 4.74 Å². The van der Waals surface area contributed by atoms with Gasteiger partial charge in [0, 0.05) is 54.9 Å². The zero-order valence-corrected chi connectivity index (χ0v) is 28.0. The summed E-state index contributed by atoms with van der Waals surface area (Å²) in [6.07, 6.45) is 6.82. The number of nitrogens with one attached hydrogen (secondary N) is 1. The quantitative estimate of drug-likeness (QED) is 0.292. The Kier molecular flexibility index (Phi) is 8.67. The number of hydrogen-bond donors (Lipinski definition) is 2. The Morgan fingerprint density at radius 1 is 1.13 bits per heavy atom. The van der Waals surface area contributed by atoms with Crippen molar-refractivity contribution < 1.29 is 19.1 Å². The number of thiophene rings is 1. The number of likely N-dealkylation sites (tertiary alicyclic amines) is 1. The Bertz CT molecular complexity index is 1830. The lowest BCUT2D eigenvalue weighted by molar-refractivity contribution is 0.0825. The maximum Gasteiger partial charge on any atom is 0.410 e. The number of amides is 2. The standard InChI is InChI=1S/C34H42N8O4S/c1-21(2)39-15-11-24(12-16-39)46-30-25-8-4-5-9-28(25)47-31(30)33(43)38-23-7-6-13-40(19-23)27-17-26(42-29(27)32(35)36-20-37-42)22-10-14-41(18-22)34(44)45-3/h4-5,8-10,17,20-21,23-24H,6-7,11-16,18-19H2,1-3H3,(H,38,43)(H2,35,36,37)/t23-/m1/s1. The number of rotatable bonds is 7. The van der Waals surface area contributed by atoms with Crippen molar-refractivity contribution in [3.8, 4) is 5.75 Å². The van der Waals surface area contributed by atoms with E-state index >= 15 is 0 Å². The average molecular weight is 659 g/mol. The molecular formula is C34H42N8O4S. The number of methoxy groups -OCH3 is 1. The van der Waals surface area contributed by atoms with Gasteiger partial charge >= 0.3 is 6.09 Å². The maximum atomic E-state index is 14.0. The molecule has 3 N–H and O–H groups in total. The van der Waals surface area contributed by atoms with Crippen molar-refractivity contribution in [1.82, 2.24) is 29.7 Å². The van der Waals surface area contributed by atoms with Crippen LogP contribution in [0.25, 0.3) is 21.2 Å². The van der Waals surface area contributed by atoms with Gasteiger partial charge in [0.25, 0.3) is 5.91 Å². The Balaban J connectivity index is 1.11. The SMILES string of the molecule is COC(=O)N1CC=C(c2cc(N3CCC[C@@H](NC(=O)c4sc5ccccc5c4OC4CCN(C(C)C)CC4)C3)c3c(N)ncnn23)C1. The van der Waals surface area contributed by atoms with Crippen LogP contribution in [0.4, 0.5) is 16.3 Å². The van der Waals surface area contributed by atoms with Crippen molar-refractivity contribution in [2.75, 3.05) is 57.0 Å². The molecule has 1 aromatic carbocycles. The summed E-state index contributed by atoms with van der Waals surface area (Å²) in [4.78, 5) is 37.4. The van der Waals surface area contributed by atoms with Crippen LogP contribution >= 0.6 is 11.3 Å². The van der Waals surface area contributed by atoms with Gasteiger partial charge in [0.15, 0.2) is 11.6 Å². The first-order valence-electron chi connectivity index (χ1n) is 16.4. The van der Waals surface area contributed by atoms with E-state index in [0.717, 1.165) is 77.9 Å². The van der Waals surface area contributed by atoms with Gasteiger partial charge in [0.2, 0.25) is 0 Å². The first-order valence-corrected chi connectivity index (χ1v) is 17.2. The van der Waals surface area contributed by atoms with Gasteiger partial charge in [0.1, 0.15) is 22.8 Å². The largest absolute Gasteiger partial charge is 0.488 e. The molecule has 7 rings (SSSR count). The third kappa shape index (κ3) is 6.09. The summed E-state index contributed by atoms with van der Waals surface area (Å²) >= 11 is 1.50. The van der Waals surface area contributed by atoms with E-state index in [1.54, 1.807) is 9.42 Å². The summed E-state index contributed by atoms with van der Waals surface area (Å²) < 4.78 is 14.4. The summed E-state index contributed by atoms with van der Waals surface area (Å²) in [5.74, 6) is 0.983. The van der Waals surface area contributed by atoms with Crippen LogP contribution in [0.5, 0.6) is 5.75 Å². The zero-order chi connectivity index (χ0) is 32.7. The molecule has 2 saturated heterocycles. The molecule has 0 spiro atoms. The zero-order valence-electron chi connectivity index (χ0n) is 27.1. The van der Waals surface area contributed by atoms with Gasteiger partial charge in [0.05, 0.1) is 25.0 Å². The molecule has 248 valence electrons. The third-order valence-corrected chi connectivity index (χ3v) is 10.7. The van der Waals surface area contributed by atoms with E-state index in [1.165, 1.54) is 24.8 Å². The van der Waals surface area contributed by atoms with Gasteiger partial charge in [-0.15, -0.1) is 11.3 Å². The fourth-order valence-corrected chi connectivity index (χ4v) is 8.10. The van der Waals surface area contributed by atoms with Crippen LogP contribution in [-0.4, -0.2) is 101 Å². The van der Waals surface area contributed by atoms with Gasteiger partial charge in [-0.2, -0.15) is 5.10 Å². The van der Waals surface area contributed by atoms with Gasteiger partial charge in [-0.05, 0) is 63.3 Å². The van der Waals surface area contributed by atoms with Crippen molar-refractivity contribution >= 4 is 56.0 Å². The highest BCUT2D eigenvalue weighted by Crippen LogP contribution is 2.40. The van der Waals surface area contributed by atoms with Crippen molar-refractivity contribution in [3.63, 3.8) is 0 Å². The number of nitrogens with two attached hydrogens (primary N) is 1. The van der Waals surface area contributed by atoms with Crippen molar-refractivity contribution in [1.29, 1.82) is 0 Å². The van der Waals surface area contributed by atoms with Crippen LogP contribution in [0.1, 0.15) is 54.9 Å². The van der Waals surface area contributed by atoms with Crippen LogP contribution in [0.2, 0.25) is 0 Å². The Morgan fingerprint density at radius 2 is 1.94 bits per heavy atom. The molecule has 4 aromatic rings. The molecule has 3 aliphatic rings. The first kappa shape index (κ1) is 31.3. The topological polar surface area (TPSA) is 131 Å². The highest BCUT2D eigenvalue weighted by molar-refractivity contribution is 7.21. The van der Waals surface area contributed by atoms with Crippen molar-refractivity contribution in [2.45, 2.75) is 57.7 Å². The molecule has 6 heterocycles. The monoisotopic (exact) mass is 658 g/mol. The minimum atomic E-state index is -0.371. The number of piperidine rings is 2. The van der Waals surface area contributed by atoms with E-state index in [-0.39, 0.29) is 24.1 Å². The van der Waals surface area contributed by atoms with E-state index in [0.29, 0.717) is 42.1 Å². The van der Waals surface area contributed by atoms with Crippen LogP contribution in [0.3, 0.4) is 0 Å². The predicted octanol–water partition coefficient (Wildman–Crippen LogP) is 4.64. The van der Waals surface area contributed by atoms with E-state index < -0.39 is 0 Å². The predicted molar refractivity (Wildman–Crippen MR) is 184 cm³/mol. The van der Waals surface area contributed by atoms with Gasteiger partial charge in [-0.1, -0.05) is 18.2 Å². The summed E-state index contributed by atoms with van der Waals surface area (Å²) in [7, 11) is 1.39. The van der Waals surface area contributed by atoms with E-state index in [9.17, 15) is 9.59 Å². The molecule has 0 aliphatic carbocycles. The molecule has 2 amide bonds. The summed E-state index contributed by atoms with van der Waals surface area (Å²) in [5, 5.41) is 8.87. The number of nitrogen functional groups attached to an aromatic ring is 1. The number of fused-ring (bicyclic) bond motifs is 2. The van der Waals surface area contributed by atoms with E-state index in [4.69, 9.17) is 15.2 Å². The maximum absolute atomic E-state index is 14.0. The number of anilines is 2. The summed E-state index contributed by atoms with van der Waals surface area (Å²) in [6.45, 7) is 8.75. The molecule has 3 aliphatic heterocycles. The highest BCUT2D eigenvalue weighted by Gasteiger charge is 2.31. The molecule has 2 fully saturated rings. The molecule has 1 atom stereocenters. The minimum absolute atomic E-state index is 0.0756. The van der Waals surface area contributed by atoms with Crippen molar-refractivity contribution in [3.05, 3.63) is 53.3 Å². The van der Waals surface area contributed by atoms with Gasteiger partial charge in [-0.25, -0.2) is 14.3 Å². The fraction of sp³-hybridized carbons (Fsp3) is 0.471. The number of ether oxygens (including phenoxy) is 2. The number of nitrogens with zero attached hydrogens (tertiary/aromatic N) is 6. The Labute approximate surface area is 278 Å². The minimum Gasteiger partial charge on any atom is -0.488 e. The molecule has 0 unspecified atom stereocenters. The third-order valence-electron chi connectivity index (χ3n) is 9.59. The molecule has 3 aromatic heterocycles. The van der Waals surface area contributed by atoms with E-state index in [2.05, 4.69) is 57.2 Å². The smallest absolute Gasteiger partial charge is 0.410 e. The lowest BCUT2D eigenvalue weighted by atomic mass is 10.0. The Hall–Kier alpha value is -4.36. The molecule has 47 heavy (non-hydrogen) atoms. The molecule has 13 heteroatoms. The first-order chi connectivity index (χ1) is 22.8. The number of benzene rings is 1. The van der Waals surface area contributed by atoms with Crippen LogP contribution in [0, 0.1) is 0 Å². The molecule has 12 nitrogen and oxygen atoms in total. The normalized spacial score (nSPS) is 19.5. The lowest BCUT2D eigenvalue weighted by Gasteiger charge is -2.35. The van der Waals surface area contributed by atoms with Gasteiger partial charge in [-0.3, -0.25) is 4.79 Å². The molecular weight excluding hydrogens is 616 g/mol. The molecule has 0 saturated carbocycles. The molecule has 0 radical (unpaired) electrons. The second-order valence-corrected chi connectivity index (χ2v) is 13.9. The number of aromatic nitrogens is 3. The lowest BCUT2D eigenvalue weighted by Crippen LogP contribution is -2.47. The fourth-order valence-electron chi connectivity index (χ4n) is 7.06. The van der Waals surface area contributed by atoms with Gasteiger partial charge < -0.3 is 35.2 Å². The number of carbonyl (C=O) groups excluding carboxylic acids is 2. The summed E-state index contributed by atoms with van der Waals surface area (Å²) in [5.41, 5.74) is 9.87. The van der Waals surface area contributed by atoms with Crippen molar-refractivity contribution in [2.24, 2.45) is 0 Å². The summed E-state index contributed by atoms with van der Waals surface area (Å²) in [6, 6.07) is 10.6. The number of carbonyl (C=O) groups is 2. The van der Waals surface area contributed by atoms with Crippen LogP contribution in [0.15, 0.2) is 42.7 Å². The second kappa shape index (κ2) is 13.0. The van der Waals surface area contributed by atoms with E-state index in [1.807, 2.05) is 18.2 Å².